The molecule has 0 heterocycles. The van der Waals surface area contributed by atoms with E-state index in [1.165, 1.54) is 0 Å². The van der Waals surface area contributed by atoms with E-state index < -0.39 is 0 Å². The summed E-state index contributed by atoms with van der Waals surface area (Å²) in [4.78, 5) is 14.2. The first-order chi connectivity index (χ1) is 12.2. The number of benzene rings is 2. The van der Waals surface area contributed by atoms with Crippen molar-refractivity contribution in [3.63, 3.8) is 0 Å². The molecular formula is C20H25NO4. The summed E-state index contributed by atoms with van der Waals surface area (Å²) in [6.07, 6.45) is 0. The molecule has 0 atom stereocenters. The van der Waals surface area contributed by atoms with Gasteiger partial charge in [0.1, 0.15) is 5.75 Å². The zero-order chi connectivity index (χ0) is 18.1. The van der Waals surface area contributed by atoms with Gasteiger partial charge in [-0.25, -0.2) is 0 Å². The Morgan fingerprint density at radius 1 is 0.960 bits per heavy atom. The van der Waals surface area contributed by atoms with Gasteiger partial charge in [-0.05, 0) is 43.7 Å². The van der Waals surface area contributed by atoms with Gasteiger partial charge in [0.15, 0.2) is 18.1 Å². The highest BCUT2D eigenvalue weighted by Crippen LogP contribution is 2.26. The lowest BCUT2D eigenvalue weighted by Crippen LogP contribution is -2.34. The molecule has 25 heavy (non-hydrogen) atoms. The summed E-state index contributed by atoms with van der Waals surface area (Å²) in [5, 5.41) is 0. The van der Waals surface area contributed by atoms with E-state index in [0.29, 0.717) is 31.2 Å². The first kappa shape index (κ1) is 18.6. The van der Waals surface area contributed by atoms with Crippen molar-refractivity contribution < 1.29 is 19.0 Å². The molecule has 0 aliphatic carbocycles. The fourth-order valence-electron chi connectivity index (χ4n) is 2.40. The number of ether oxygens (including phenoxy) is 3. The van der Waals surface area contributed by atoms with Gasteiger partial charge in [0.05, 0.1) is 13.7 Å². The van der Waals surface area contributed by atoms with Crippen LogP contribution in [0.25, 0.3) is 0 Å². The van der Waals surface area contributed by atoms with Crippen LogP contribution in [-0.4, -0.2) is 37.7 Å². The van der Waals surface area contributed by atoms with Crippen LogP contribution in [-0.2, 0) is 11.3 Å². The molecule has 2 aromatic carbocycles. The zero-order valence-electron chi connectivity index (χ0n) is 15.0. The van der Waals surface area contributed by atoms with Crippen molar-refractivity contribution in [2.24, 2.45) is 0 Å². The molecule has 0 saturated heterocycles. The van der Waals surface area contributed by atoms with Crippen LogP contribution in [0.5, 0.6) is 17.2 Å². The Morgan fingerprint density at radius 2 is 1.60 bits per heavy atom. The second-order valence-electron chi connectivity index (χ2n) is 5.42. The number of amides is 1. The van der Waals surface area contributed by atoms with Gasteiger partial charge >= 0.3 is 0 Å². The van der Waals surface area contributed by atoms with E-state index in [0.717, 1.165) is 11.3 Å². The van der Waals surface area contributed by atoms with Crippen LogP contribution < -0.4 is 14.2 Å². The lowest BCUT2D eigenvalue weighted by atomic mass is 10.2. The Kier molecular flexibility index (Phi) is 7.14. The van der Waals surface area contributed by atoms with Crippen LogP contribution in [0.4, 0.5) is 0 Å². The van der Waals surface area contributed by atoms with Crippen molar-refractivity contribution in [3.05, 3.63) is 54.1 Å². The van der Waals surface area contributed by atoms with Crippen molar-refractivity contribution in [2.75, 3.05) is 26.9 Å². The second kappa shape index (κ2) is 9.57. The van der Waals surface area contributed by atoms with Crippen molar-refractivity contribution in [1.29, 1.82) is 0 Å². The molecule has 0 saturated carbocycles. The van der Waals surface area contributed by atoms with Crippen LogP contribution in [0.3, 0.4) is 0 Å². The average molecular weight is 343 g/mol. The van der Waals surface area contributed by atoms with E-state index in [-0.39, 0.29) is 12.5 Å². The maximum Gasteiger partial charge on any atom is 0.260 e. The number of rotatable bonds is 9. The molecule has 0 aromatic heterocycles. The topological polar surface area (TPSA) is 48.0 Å². The number of para-hydroxylation sites is 2. The molecule has 1 amide bonds. The number of nitrogens with zero attached hydrogens (tertiary/aromatic N) is 1. The van der Waals surface area contributed by atoms with E-state index in [9.17, 15) is 4.79 Å². The van der Waals surface area contributed by atoms with Gasteiger partial charge in [-0.1, -0.05) is 24.3 Å². The summed E-state index contributed by atoms with van der Waals surface area (Å²) in [6, 6.07) is 15.1. The Labute approximate surface area is 149 Å². The Morgan fingerprint density at radius 3 is 2.16 bits per heavy atom. The Bertz CT molecular complexity index is 670. The molecule has 134 valence electrons. The molecule has 0 spiro atoms. The number of carbonyl (C=O) groups is 1. The molecule has 5 heteroatoms. The first-order valence-corrected chi connectivity index (χ1v) is 8.43. The fraction of sp³-hybridized carbons (Fsp3) is 0.350. The molecule has 0 unspecified atom stereocenters. The van der Waals surface area contributed by atoms with Crippen LogP contribution in [0, 0.1) is 0 Å². The largest absolute Gasteiger partial charge is 0.497 e. The van der Waals surface area contributed by atoms with Gasteiger partial charge in [-0.3, -0.25) is 4.79 Å². The zero-order valence-corrected chi connectivity index (χ0v) is 15.0. The maximum atomic E-state index is 12.5. The minimum atomic E-state index is -0.0652. The molecule has 0 bridgehead atoms. The fourth-order valence-corrected chi connectivity index (χ4v) is 2.40. The van der Waals surface area contributed by atoms with E-state index in [4.69, 9.17) is 14.2 Å². The van der Waals surface area contributed by atoms with Crippen molar-refractivity contribution in [2.45, 2.75) is 20.4 Å². The normalized spacial score (nSPS) is 10.2. The van der Waals surface area contributed by atoms with Crippen LogP contribution >= 0.6 is 0 Å². The van der Waals surface area contributed by atoms with E-state index in [1.807, 2.05) is 56.3 Å². The minimum Gasteiger partial charge on any atom is -0.497 e. The molecule has 5 nitrogen and oxygen atoms in total. The number of carbonyl (C=O) groups excluding carboxylic acids is 1. The standard InChI is InChI=1S/C20H25NO4/c1-4-21(14-16-10-12-17(23-3)13-11-16)20(22)15-25-19-9-7-6-8-18(19)24-5-2/h6-13H,4-5,14-15H2,1-3H3. The van der Waals surface area contributed by atoms with E-state index in [2.05, 4.69) is 0 Å². The number of likely N-dealkylation sites (N-methyl/N-ethyl adjacent to an activating group) is 1. The van der Waals surface area contributed by atoms with Gasteiger partial charge in [0.2, 0.25) is 0 Å². The lowest BCUT2D eigenvalue weighted by Gasteiger charge is -2.21. The molecule has 0 aliphatic heterocycles. The van der Waals surface area contributed by atoms with E-state index >= 15 is 0 Å². The molecule has 0 N–H and O–H groups in total. The van der Waals surface area contributed by atoms with Crippen LogP contribution in [0.2, 0.25) is 0 Å². The quantitative estimate of drug-likeness (QED) is 0.699. The van der Waals surface area contributed by atoms with Gasteiger partial charge in [-0.2, -0.15) is 0 Å². The van der Waals surface area contributed by atoms with Gasteiger partial charge in [0, 0.05) is 13.1 Å². The summed E-state index contributed by atoms with van der Waals surface area (Å²) < 4.78 is 16.3. The highest BCUT2D eigenvalue weighted by molar-refractivity contribution is 5.77. The first-order valence-electron chi connectivity index (χ1n) is 8.43. The molecule has 0 fully saturated rings. The summed E-state index contributed by atoms with van der Waals surface area (Å²) in [6.45, 7) is 5.54. The summed E-state index contributed by atoms with van der Waals surface area (Å²) in [5.41, 5.74) is 1.05. The van der Waals surface area contributed by atoms with Gasteiger partial charge in [0.25, 0.3) is 5.91 Å². The molecule has 2 rings (SSSR count). The third-order valence-electron chi connectivity index (χ3n) is 3.77. The minimum absolute atomic E-state index is 0.0198. The maximum absolute atomic E-state index is 12.5. The second-order valence-corrected chi connectivity index (χ2v) is 5.42. The highest BCUT2D eigenvalue weighted by atomic mass is 16.5. The van der Waals surface area contributed by atoms with Crippen molar-refractivity contribution in [3.8, 4) is 17.2 Å². The summed E-state index contributed by atoms with van der Waals surface area (Å²) in [7, 11) is 1.63. The third kappa shape index (κ3) is 5.41. The van der Waals surface area contributed by atoms with E-state index in [1.54, 1.807) is 18.1 Å². The third-order valence-corrected chi connectivity index (χ3v) is 3.77. The number of hydrogen-bond acceptors (Lipinski definition) is 4. The van der Waals surface area contributed by atoms with Crippen LogP contribution in [0.1, 0.15) is 19.4 Å². The van der Waals surface area contributed by atoms with Crippen molar-refractivity contribution in [1.82, 2.24) is 4.90 Å². The van der Waals surface area contributed by atoms with Gasteiger partial charge < -0.3 is 19.1 Å². The van der Waals surface area contributed by atoms with Gasteiger partial charge in [-0.15, -0.1) is 0 Å². The van der Waals surface area contributed by atoms with Crippen LogP contribution in [0.15, 0.2) is 48.5 Å². The molecule has 0 aliphatic rings. The average Bonchev–Trinajstić information content (AvgIpc) is 2.66. The smallest absolute Gasteiger partial charge is 0.260 e. The molecule has 2 aromatic rings. The predicted molar refractivity (Wildman–Crippen MR) is 97.2 cm³/mol. The predicted octanol–water partition coefficient (Wildman–Crippen LogP) is 3.52. The summed E-state index contributed by atoms with van der Waals surface area (Å²) in [5.74, 6) is 1.97. The Balaban J connectivity index is 1.95. The SMILES string of the molecule is CCOc1ccccc1OCC(=O)N(CC)Cc1ccc(OC)cc1. The number of hydrogen-bond donors (Lipinski definition) is 0. The number of methoxy groups -OCH3 is 1. The van der Waals surface area contributed by atoms with Crippen molar-refractivity contribution >= 4 is 5.91 Å². The molecular weight excluding hydrogens is 318 g/mol. The highest BCUT2D eigenvalue weighted by Gasteiger charge is 2.14. The molecule has 0 radical (unpaired) electrons. The lowest BCUT2D eigenvalue weighted by molar-refractivity contribution is -0.133. The summed E-state index contributed by atoms with van der Waals surface area (Å²) >= 11 is 0. The monoisotopic (exact) mass is 343 g/mol. The Hall–Kier alpha value is -2.69.